The first-order valence-corrected chi connectivity index (χ1v) is 11.4. The van der Waals surface area contributed by atoms with Crippen LogP contribution in [0.2, 0.25) is 0 Å². The lowest BCUT2D eigenvalue weighted by Crippen LogP contribution is -2.49. The number of ether oxygens (including phenoxy) is 1. The van der Waals surface area contributed by atoms with Gasteiger partial charge in [0.15, 0.2) is 5.96 Å². The van der Waals surface area contributed by atoms with Crippen LogP contribution in [0.4, 0.5) is 0 Å². The molecule has 2 rings (SSSR count). The molecule has 7 heteroatoms. The van der Waals surface area contributed by atoms with Gasteiger partial charge in [-0.2, -0.15) is 5.10 Å². The lowest BCUT2D eigenvalue weighted by Gasteiger charge is -2.38. The fourth-order valence-corrected chi connectivity index (χ4v) is 4.17. The van der Waals surface area contributed by atoms with E-state index >= 15 is 0 Å². The predicted octanol–water partition coefficient (Wildman–Crippen LogP) is 2.58. The molecule has 2 N–H and O–H groups in total. The van der Waals surface area contributed by atoms with Crippen LogP contribution in [0.5, 0.6) is 0 Å². The summed E-state index contributed by atoms with van der Waals surface area (Å²) in [6.07, 6.45) is 3.41. The van der Waals surface area contributed by atoms with E-state index in [0.717, 1.165) is 70.6 Å². The van der Waals surface area contributed by atoms with Crippen molar-refractivity contribution in [3.8, 4) is 0 Å². The second-order valence-corrected chi connectivity index (χ2v) is 7.94. The molecule has 0 bridgehead atoms. The summed E-state index contributed by atoms with van der Waals surface area (Å²) in [5, 5.41) is 11.4. The van der Waals surface area contributed by atoms with Crippen LogP contribution in [-0.4, -0.2) is 72.6 Å². The molecule has 7 nitrogen and oxygen atoms in total. The zero-order chi connectivity index (χ0) is 21.1. The highest BCUT2D eigenvalue weighted by atomic mass is 16.5. The Balaban J connectivity index is 1.90. The Morgan fingerprint density at radius 1 is 1.17 bits per heavy atom. The third-order valence-corrected chi connectivity index (χ3v) is 5.83. The molecule has 1 atom stereocenters. The van der Waals surface area contributed by atoms with Crippen molar-refractivity contribution >= 4 is 5.96 Å². The number of aryl methyl sites for hydroxylation is 3. The van der Waals surface area contributed by atoms with Crippen molar-refractivity contribution in [2.45, 2.75) is 66.5 Å². The maximum atomic E-state index is 5.56. The fourth-order valence-electron chi connectivity index (χ4n) is 4.17. The molecule has 1 aliphatic heterocycles. The lowest BCUT2D eigenvalue weighted by molar-refractivity contribution is 0.00395. The molecule has 0 aliphatic carbocycles. The summed E-state index contributed by atoms with van der Waals surface area (Å²) in [6.45, 7) is 18.1. The van der Waals surface area contributed by atoms with E-state index in [2.05, 4.69) is 59.1 Å². The van der Waals surface area contributed by atoms with Gasteiger partial charge in [0.05, 0.1) is 25.5 Å². The van der Waals surface area contributed by atoms with Crippen molar-refractivity contribution in [2.24, 2.45) is 10.9 Å². The molecular weight excluding hydrogens is 364 g/mol. The molecule has 0 saturated carbocycles. The first-order valence-electron chi connectivity index (χ1n) is 11.4. The Kier molecular flexibility index (Phi) is 10.5. The molecule has 1 aromatic heterocycles. The number of hydrogen-bond acceptors (Lipinski definition) is 4. The summed E-state index contributed by atoms with van der Waals surface area (Å²) in [5.74, 6) is 1.59. The summed E-state index contributed by atoms with van der Waals surface area (Å²) in [5.41, 5.74) is 2.31. The van der Waals surface area contributed by atoms with Crippen molar-refractivity contribution in [3.63, 3.8) is 0 Å². The Bertz CT molecular complexity index is 604. The molecule has 0 aromatic carbocycles. The number of morpholine rings is 1. The summed E-state index contributed by atoms with van der Waals surface area (Å²) in [7, 11) is 0. The molecule has 1 saturated heterocycles. The third-order valence-electron chi connectivity index (χ3n) is 5.83. The van der Waals surface area contributed by atoms with Crippen LogP contribution >= 0.6 is 0 Å². The molecular formula is C22H42N6O. The topological polar surface area (TPSA) is 66.7 Å². The first kappa shape index (κ1) is 23.7. The molecule has 1 aromatic rings. The fraction of sp³-hybridized carbons (Fsp3) is 0.818. The van der Waals surface area contributed by atoms with Crippen molar-refractivity contribution in [3.05, 3.63) is 17.5 Å². The third kappa shape index (κ3) is 7.63. The van der Waals surface area contributed by atoms with E-state index in [1.54, 1.807) is 0 Å². The van der Waals surface area contributed by atoms with Gasteiger partial charge in [0.1, 0.15) is 0 Å². The number of aromatic nitrogens is 2. The van der Waals surface area contributed by atoms with Crippen LogP contribution in [0.1, 0.15) is 51.4 Å². The summed E-state index contributed by atoms with van der Waals surface area (Å²) in [6, 6.07) is 2.61. The molecule has 0 radical (unpaired) electrons. The highest BCUT2D eigenvalue weighted by molar-refractivity contribution is 5.79. The Labute approximate surface area is 177 Å². The molecule has 0 amide bonds. The lowest BCUT2D eigenvalue weighted by atomic mass is 9.92. The van der Waals surface area contributed by atoms with Crippen LogP contribution in [0.15, 0.2) is 11.1 Å². The molecule has 1 unspecified atom stereocenters. The van der Waals surface area contributed by atoms with Gasteiger partial charge < -0.3 is 15.4 Å². The highest BCUT2D eigenvalue weighted by Crippen LogP contribution is 2.20. The highest BCUT2D eigenvalue weighted by Gasteiger charge is 2.26. The molecule has 166 valence electrons. The standard InChI is InChI=1S/C22H42N6O/c1-6-20(7-2)21(27-12-14-29-15-13-27)17-25-22(23-8-3)24-10-9-11-28-19(5)16-18(4)26-28/h16,20-21H,6-15,17H2,1-5H3,(H2,23,24,25). The maximum Gasteiger partial charge on any atom is 0.191 e. The van der Waals surface area contributed by atoms with Crippen molar-refractivity contribution in [2.75, 3.05) is 45.9 Å². The number of nitrogens with one attached hydrogen (secondary N) is 2. The van der Waals surface area contributed by atoms with Gasteiger partial charge in [-0.05, 0) is 39.2 Å². The molecule has 1 fully saturated rings. The second kappa shape index (κ2) is 12.9. The van der Waals surface area contributed by atoms with E-state index in [9.17, 15) is 0 Å². The molecule has 2 heterocycles. The average Bonchev–Trinajstić information content (AvgIpc) is 3.05. The summed E-state index contributed by atoms with van der Waals surface area (Å²) in [4.78, 5) is 7.54. The predicted molar refractivity (Wildman–Crippen MR) is 121 cm³/mol. The minimum atomic E-state index is 0.485. The Morgan fingerprint density at radius 3 is 2.48 bits per heavy atom. The average molecular weight is 407 g/mol. The molecule has 1 aliphatic rings. The molecule has 29 heavy (non-hydrogen) atoms. The second-order valence-electron chi connectivity index (χ2n) is 7.94. The van der Waals surface area contributed by atoms with Gasteiger partial charge in [-0.1, -0.05) is 26.7 Å². The normalized spacial score (nSPS) is 17.0. The van der Waals surface area contributed by atoms with E-state index in [4.69, 9.17) is 9.73 Å². The number of hydrogen-bond donors (Lipinski definition) is 2. The first-order chi connectivity index (χ1) is 14.1. The van der Waals surface area contributed by atoms with Gasteiger partial charge in [-0.25, -0.2) is 0 Å². The van der Waals surface area contributed by atoms with E-state index in [1.807, 2.05) is 6.92 Å². The zero-order valence-corrected chi connectivity index (χ0v) is 19.2. The van der Waals surface area contributed by atoms with Gasteiger partial charge >= 0.3 is 0 Å². The van der Waals surface area contributed by atoms with Gasteiger partial charge in [0.2, 0.25) is 0 Å². The van der Waals surface area contributed by atoms with Gasteiger partial charge in [0.25, 0.3) is 0 Å². The smallest absolute Gasteiger partial charge is 0.191 e. The van der Waals surface area contributed by atoms with Crippen LogP contribution < -0.4 is 10.6 Å². The zero-order valence-electron chi connectivity index (χ0n) is 19.2. The number of rotatable bonds is 11. The number of nitrogens with zero attached hydrogens (tertiary/aromatic N) is 4. The largest absolute Gasteiger partial charge is 0.379 e. The minimum absolute atomic E-state index is 0.485. The minimum Gasteiger partial charge on any atom is -0.379 e. The SMILES string of the molecule is CCNC(=NCC(C(CC)CC)N1CCOCC1)NCCCn1nc(C)cc1C. The van der Waals surface area contributed by atoms with Crippen LogP contribution in [-0.2, 0) is 11.3 Å². The summed E-state index contributed by atoms with van der Waals surface area (Å²) < 4.78 is 7.65. The molecule has 0 spiro atoms. The Hall–Kier alpha value is -1.60. The van der Waals surface area contributed by atoms with E-state index < -0.39 is 0 Å². The monoisotopic (exact) mass is 406 g/mol. The van der Waals surface area contributed by atoms with Gasteiger partial charge in [-0.15, -0.1) is 0 Å². The maximum absolute atomic E-state index is 5.56. The van der Waals surface area contributed by atoms with Crippen molar-refractivity contribution in [1.82, 2.24) is 25.3 Å². The van der Waals surface area contributed by atoms with Crippen molar-refractivity contribution in [1.29, 1.82) is 0 Å². The Morgan fingerprint density at radius 2 is 1.90 bits per heavy atom. The number of aliphatic imine (C=N–C) groups is 1. The van der Waals surface area contributed by atoms with Crippen molar-refractivity contribution < 1.29 is 4.74 Å². The van der Waals surface area contributed by atoms with E-state index in [1.165, 1.54) is 18.5 Å². The van der Waals surface area contributed by atoms with Gasteiger partial charge in [0, 0.05) is 44.5 Å². The van der Waals surface area contributed by atoms with Gasteiger partial charge in [-0.3, -0.25) is 14.6 Å². The van der Waals surface area contributed by atoms with Crippen LogP contribution in [0.3, 0.4) is 0 Å². The van der Waals surface area contributed by atoms with E-state index in [0.29, 0.717) is 12.0 Å². The number of guanidine groups is 1. The summed E-state index contributed by atoms with van der Waals surface area (Å²) >= 11 is 0. The quantitative estimate of drug-likeness (QED) is 0.336. The van der Waals surface area contributed by atoms with E-state index in [-0.39, 0.29) is 0 Å². The van der Waals surface area contributed by atoms with Crippen LogP contribution in [0, 0.1) is 19.8 Å². The van der Waals surface area contributed by atoms with Crippen LogP contribution in [0.25, 0.3) is 0 Å².